The van der Waals surface area contributed by atoms with Gasteiger partial charge in [0.15, 0.2) is 6.61 Å². The van der Waals surface area contributed by atoms with Crippen molar-refractivity contribution in [3.05, 3.63) is 78.4 Å². The van der Waals surface area contributed by atoms with Gasteiger partial charge < -0.3 is 10.1 Å². The SMILES string of the molecule is C[C@H](CCc1ccccc1)NC(=O)COc1cccc2ccccc12. The van der Waals surface area contributed by atoms with Gasteiger partial charge in [0, 0.05) is 11.4 Å². The zero-order valence-electron chi connectivity index (χ0n) is 14.4. The van der Waals surface area contributed by atoms with E-state index >= 15 is 0 Å². The minimum atomic E-state index is -0.0894. The van der Waals surface area contributed by atoms with E-state index in [1.165, 1.54) is 5.56 Å². The van der Waals surface area contributed by atoms with Crippen LogP contribution in [0.1, 0.15) is 18.9 Å². The summed E-state index contributed by atoms with van der Waals surface area (Å²) in [5.74, 6) is 0.652. The highest BCUT2D eigenvalue weighted by Gasteiger charge is 2.09. The lowest BCUT2D eigenvalue weighted by Crippen LogP contribution is -2.36. The molecule has 3 rings (SSSR count). The molecular formula is C22H23NO2. The minimum Gasteiger partial charge on any atom is -0.483 e. The number of ether oxygens (including phenoxy) is 1. The first kappa shape index (κ1) is 17.0. The molecule has 3 nitrogen and oxygen atoms in total. The molecule has 0 aromatic heterocycles. The van der Waals surface area contributed by atoms with Crippen LogP contribution in [-0.4, -0.2) is 18.6 Å². The third-order valence-corrected chi connectivity index (χ3v) is 4.22. The fourth-order valence-electron chi connectivity index (χ4n) is 2.88. The number of hydrogen-bond donors (Lipinski definition) is 1. The van der Waals surface area contributed by atoms with Gasteiger partial charge in [0.2, 0.25) is 0 Å². The standard InChI is InChI=1S/C22H23NO2/c1-17(14-15-18-8-3-2-4-9-18)23-22(24)16-25-21-13-7-11-19-10-5-6-12-20(19)21/h2-13,17H,14-16H2,1H3,(H,23,24)/t17-/m1/s1. The van der Waals surface area contributed by atoms with Gasteiger partial charge >= 0.3 is 0 Å². The predicted octanol–water partition coefficient (Wildman–Crippen LogP) is 4.36. The summed E-state index contributed by atoms with van der Waals surface area (Å²) in [6.07, 6.45) is 1.86. The van der Waals surface area contributed by atoms with Crippen molar-refractivity contribution in [1.29, 1.82) is 0 Å². The van der Waals surface area contributed by atoms with Crippen LogP contribution in [0.25, 0.3) is 10.8 Å². The molecule has 0 radical (unpaired) electrons. The molecule has 0 aliphatic carbocycles. The average molecular weight is 333 g/mol. The Labute approximate surface area is 148 Å². The first-order valence-corrected chi connectivity index (χ1v) is 8.66. The van der Waals surface area contributed by atoms with Gasteiger partial charge in [-0.15, -0.1) is 0 Å². The quantitative estimate of drug-likeness (QED) is 0.698. The Hall–Kier alpha value is -2.81. The third-order valence-electron chi connectivity index (χ3n) is 4.22. The molecule has 128 valence electrons. The number of benzene rings is 3. The summed E-state index contributed by atoms with van der Waals surface area (Å²) in [6.45, 7) is 2.06. The lowest BCUT2D eigenvalue weighted by atomic mass is 10.1. The fourth-order valence-corrected chi connectivity index (χ4v) is 2.88. The summed E-state index contributed by atoms with van der Waals surface area (Å²) >= 11 is 0. The van der Waals surface area contributed by atoms with E-state index in [0.717, 1.165) is 29.4 Å². The van der Waals surface area contributed by atoms with Crippen molar-refractivity contribution in [3.63, 3.8) is 0 Å². The highest BCUT2D eigenvalue weighted by molar-refractivity contribution is 5.88. The zero-order chi connectivity index (χ0) is 17.5. The van der Waals surface area contributed by atoms with Crippen LogP contribution in [0, 0.1) is 0 Å². The zero-order valence-corrected chi connectivity index (χ0v) is 14.4. The molecule has 25 heavy (non-hydrogen) atoms. The van der Waals surface area contributed by atoms with Gasteiger partial charge in [-0.2, -0.15) is 0 Å². The largest absolute Gasteiger partial charge is 0.483 e. The number of carbonyl (C=O) groups is 1. The lowest BCUT2D eigenvalue weighted by Gasteiger charge is -2.15. The van der Waals surface area contributed by atoms with Gasteiger partial charge in [-0.1, -0.05) is 66.7 Å². The van der Waals surface area contributed by atoms with Crippen LogP contribution in [0.2, 0.25) is 0 Å². The van der Waals surface area contributed by atoms with E-state index in [1.54, 1.807) is 0 Å². The van der Waals surface area contributed by atoms with Crippen molar-refractivity contribution in [1.82, 2.24) is 5.32 Å². The molecule has 1 N–H and O–H groups in total. The molecule has 0 heterocycles. The molecule has 0 aliphatic heterocycles. The van der Waals surface area contributed by atoms with Crippen LogP contribution in [-0.2, 0) is 11.2 Å². The van der Waals surface area contributed by atoms with E-state index in [2.05, 4.69) is 17.4 Å². The minimum absolute atomic E-state index is 0.0314. The average Bonchev–Trinajstić information content (AvgIpc) is 2.65. The molecule has 3 heteroatoms. The Balaban J connectivity index is 1.49. The van der Waals surface area contributed by atoms with E-state index in [0.29, 0.717) is 0 Å². The molecule has 0 bridgehead atoms. The van der Waals surface area contributed by atoms with Crippen molar-refractivity contribution in [3.8, 4) is 5.75 Å². The van der Waals surface area contributed by atoms with Gasteiger partial charge in [0.1, 0.15) is 5.75 Å². The highest BCUT2D eigenvalue weighted by Crippen LogP contribution is 2.24. The Kier molecular flexibility index (Phi) is 5.68. The molecule has 1 amide bonds. The maximum Gasteiger partial charge on any atom is 0.258 e. The number of rotatable bonds is 7. The van der Waals surface area contributed by atoms with E-state index in [1.807, 2.05) is 67.6 Å². The second kappa shape index (κ2) is 8.34. The van der Waals surface area contributed by atoms with Gasteiger partial charge in [-0.25, -0.2) is 0 Å². The Morgan fingerprint density at radius 1 is 0.960 bits per heavy atom. The molecule has 0 saturated carbocycles. The van der Waals surface area contributed by atoms with Crippen LogP contribution in [0.15, 0.2) is 72.8 Å². The Morgan fingerprint density at radius 2 is 1.68 bits per heavy atom. The maximum absolute atomic E-state index is 12.1. The Morgan fingerprint density at radius 3 is 2.52 bits per heavy atom. The molecule has 3 aromatic carbocycles. The molecule has 0 saturated heterocycles. The molecule has 0 unspecified atom stereocenters. The first-order valence-electron chi connectivity index (χ1n) is 8.66. The third kappa shape index (κ3) is 4.83. The van der Waals surface area contributed by atoms with Crippen molar-refractivity contribution >= 4 is 16.7 Å². The molecule has 0 spiro atoms. The van der Waals surface area contributed by atoms with E-state index in [-0.39, 0.29) is 18.6 Å². The van der Waals surface area contributed by atoms with Crippen LogP contribution in [0.5, 0.6) is 5.75 Å². The molecule has 1 atom stereocenters. The fraction of sp³-hybridized carbons (Fsp3) is 0.227. The maximum atomic E-state index is 12.1. The number of fused-ring (bicyclic) bond motifs is 1. The number of hydrogen-bond acceptors (Lipinski definition) is 2. The normalized spacial score (nSPS) is 11.9. The number of nitrogens with one attached hydrogen (secondary N) is 1. The summed E-state index contributed by atoms with van der Waals surface area (Å²) in [7, 11) is 0. The number of amides is 1. The van der Waals surface area contributed by atoms with Crippen LogP contribution in [0.4, 0.5) is 0 Å². The molecule has 3 aromatic rings. The number of aryl methyl sites for hydroxylation is 1. The van der Waals surface area contributed by atoms with Crippen LogP contribution in [0.3, 0.4) is 0 Å². The Bertz CT molecular complexity index is 824. The van der Waals surface area contributed by atoms with Crippen LogP contribution < -0.4 is 10.1 Å². The summed E-state index contributed by atoms with van der Waals surface area (Å²) in [6, 6.07) is 24.3. The van der Waals surface area contributed by atoms with Crippen molar-refractivity contribution in [2.24, 2.45) is 0 Å². The van der Waals surface area contributed by atoms with E-state index in [4.69, 9.17) is 4.74 Å². The molecular weight excluding hydrogens is 310 g/mol. The first-order chi connectivity index (χ1) is 12.2. The van der Waals surface area contributed by atoms with Gasteiger partial charge in [0.25, 0.3) is 5.91 Å². The second-order valence-electron chi connectivity index (χ2n) is 6.26. The van der Waals surface area contributed by atoms with Gasteiger partial charge in [-0.3, -0.25) is 4.79 Å². The second-order valence-corrected chi connectivity index (χ2v) is 6.26. The van der Waals surface area contributed by atoms with E-state index in [9.17, 15) is 4.79 Å². The summed E-state index contributed by atoms with van der Waals surface area (Å²) in [5.41, 5.74) is 1.29. The van der Waals surface area contributed by atoms with Crippen LogP contribution >= 0.6 is 0 Å². The monoisotopic (exact) mass is 333 g/mol. The van der Waals surface area contributed by atoms with Crippen molar-refractivity contribution in [2.45, 2.75) is 25.8 Å². The van der Waals surface area contributed by atoms with Crippen molar-refractivity contribution < 1.29 is 9.53 Å². The topological polar surface area (TPSA) is 38.3 Å². The molecule has 0 fully saturated rings. The van der Waals surface area contributed by atoms with Gasteiger partial charge in [-0.05, 0) is 36.8 Å². The highest BCUT2D eigenvalue weighted by atomic mass is 16.5. The van der Waals surface area contributed by atoms with E-state index < -0.39 is 0 Å². The smallest absolute Gasteiger partial charge is 0.258 e. The predicted molar refractivity (Wildman–Crippen MR) is 102 cm³/mol. The lowest BCUT2D eigenvalue weighted by molar-refractivity contribution is -0.123. The van der Waals surface area contributed by atoms with Gasteiger partial charge in [0.05, 0.1) is 0 Å². The van der Waals surface area contributed by atoms with Crippen molar-refractivity contribution in [2.75, 3.05) is 6.61 Å². The summed E-state index contributed by atoms with van der Waals surface area (Å²) < 4.78 is 5.73. The summed E-state index contributed by atoms with van der Waals surface area (Å²) in [4.78, 5) is 12.1. The number of carbonyl (C=O) groups excluding carboxylic acids is 1. The summed E-state index contributed by atoms with van der Waals surface area (Å²) in [5, 5.41) is 5.14. The molecule has 0 aliphatic rings.